The first-order valence-corrected chi connectivity index (χ1v) is 12.5. The molecule has 13 heteroatoms. The van der Waals surface area contributed by atoms with Crippen LogP contribution in [0.1, 0.15) is 0 Å². The molecule has 4 aromatic rings. The number of halogens is 4. The van der Waals surface area contributed by atoms with Gasteiger partial charge in [0, 0.05) is 15.6 Å². The summed E-state index contributed by atoms with van der Waals surface area (Å²) in [6, 6.07) is 19.4. The van der Waals surface area contributed by atoms with Crippen LogP contribution in [0, 0.1) is 0 Å². The number of nitrogens with zero attached hydrogens (tertiary/aromatic N) is 3. The van der Waals surface area contributed by atoms with Crippen molar-refractivity contribution in [3.05, 3.63) is 86.8 Å². The monoisotopic (exact) mass is 593 g/mol. The average molecular weight is 595 g/mol. The SMILES string of the molecule is S=C(Nc1nc(NC(=S)Nc2ccc(Cl)cc2Cl)nc(-c2ccccc2)n1)Nc1ccc(Cl)cc1Cl. The van der Waals surface area contributed by atoms with Crippen LogP contribution in [0.4, 0.5) is 23.3 Å². The maximum absolute atomic E-state index is 6.23. The Morgan fingerprint density at radius 1 is 0.583 bits per heavy atom. The number of thiocarbonyl (C=S) groups is 2. The number of aromatic nitrogens is 3. The van der Waals surface area contributed by atoms with Crippen LogP contribution >= 0.6 is 70.8 Å². The molecule has 0 saturated carbocycles. The Morgan fingerprint density at radius 3 is 1.50 bits per heavy atom. The second-order valence-electron chi connectivity index (χ2n) is 7.08. The topological polar surface area (TPSA) is 86.8 Å². The van der Waals surface area contributed by atoms with E-state index in [0.29, 0.717) is 37.3 Å². The Bertz CT molecular complexity index is 1350. The third kappa shape index (κ3) is 7.13. The van der Waals surface area contributed by atoms with Gasteiger partial charge < -0.3 is 21.3 Å². The van der Waals surface area contributed by atoms with Gasteiger partial charge in [0.15, 0.2) is 16.0 Å². The third-order valence-electron chi connectivity index (χ3n) is 4.48. The van der Waals surface area contributed by atoms with Gasteiger partial charge in [-0.15, -0.1) is 0 Å². The van der Waals surface area contributed by atoms with Crippen LogP contribution in [-0.2, 0) is 0 Å². The van der Waals surface area contributed by atoms with Gasteiger partial charge in [0.2, 0.25) is 11.9 Å². The van der Waals surface area contributed by atoms with Crippen LogP contribution in [0.15, 0.2) is 66.7 Å². The molecule has 1 aromatic heterocycles. The van der Waals surface area contributed by atoms with E-state index in [9.17, 15) is 0 Å². The van der Waals surface area contributed by atoms with Crippen molar-refractivity contribution in [2.24, 2.45) is 0 Å². The zero-order valence-corrected chi connectivity index (χ0v) is 22.7. The smallest absolute Gasteiger partial charge is 0.234 e. The fourth-order valence-electron chi connectivity index (χ4n) is 2.90. The van der Waals surface area contributed by atoms with Crippen LogP contribution < -0.4 is 21.3 Å². The molecule has 1 heterocycles. The minimum atomic E-state index is 0.182. The fraction of sp³-hybridized carbons (Fsp3) is 0. The molecule has 3 aromatic carbocycles. The second kappa shape index (κ2) is 12.0. The van der Waals surface area contributed by atoms with Crippen molar-refractivity contribution in [3.8, 4) is 11.4 Å². The molecule has 0 spiro atoms. The highest BCUT2D eigenvalue weighted by Crippen LogP contribution is 2.27. The number of nitrogens with one attached hydrogen (secondary N) is 4. The van der Waals surface area contributed by atoms with E-state index in [1.807, 2.05) is 30.3 Å². The summed E-state index contributed by atoms with van der Waals surface area (Å²) in [5.74, 6) is 0.762. The highest BCUT2D eigenvalue weighted by molar-refractivity contribution is 7.81. The van der Waals surface area contributed by atoms with E-state index in [2.05, 4.69) is 36.2 Å². The van der Waals surface area contributed by atoms with Gasteiger partial charge in [-0.1, -0.05) is 76.7 Å². The molecular weight excluding hydrogens is 580 g/mol. The van der Waals surface area contributed by atoms with Gasteiger partial charge in [-0.25, -0.2) is 0 Å². The van der Waals surface area contributed by atoms with Crippen LogP contribution in [0.2, 0.25) is 20.1 Å². The Kier molecular flexibility index (Phi) is 8.73. The van der Waals surface area contributed by atoms with Gasteiger partial charge in [0.05, 0.1) is 21.4 Å². The summed E-state index contributed by atoms with van der Waals surface area (Å²) in [7, 11) is 0. The Morgan fingerprint density at radius 2 is 1.06 bits per heavy atom. The van der Waals surface area contributed by atoms with E-state index in [-0.39, 0.29) is 22.1 Å². The van der Waals surface area contributed by atoms with E-state index in [4.69, 9.17) is 70.8 Å². The van der Waals surface area contributed by atoms with E-state index >= 15 is 0 Å². The van der Waals surface area contributed by atoms with Gasteiger partial charge in [0.1, 0.15) is 0 Å². The second-order valence-corrected chi connectivity index (χ2v) is 9.58. The molecule has 0 atom stereocenters. The maximum Gasteiger partial charge on any atom is 0.234 e. The summed E-state index contributed by atoms with van der Waals surface area (Å²) in [6.07, 6.45) is 0. The van der Waals surface area contributed by atoms with Crippen molar-refractivity contribution in [3.63, 3.8) is 0 Å². The highest BCUT2D eigenvalue weighted by Gasteiger charge is 2.13. The van der Waals surface area contributed by atoms with E-state index in [1.54, 1.807) is 36.4 Å². The van der Waals surface area contributed by atoms with Crippen LogP contribution in [0.5, 0.6) is 0 Å². The molecule has 0 unspecified atom stereocenters. The van der Waals surface area contributed by atoms with E-state index in [0.717, 1.165) is 5.56 Å². The Labute approximate surface area is 237 Å². The van der Waals surface area contributed by atoms with Crippen LogP contribution in [-0.4, -0.2) is 25.2 Å². The van der Waals surface area contributed by atoms with E-state index < -0.39 is 0 Å². The minimum Gasteiger partial charge on any atom is -0.331 e. The predicted octanol–water partition coefficient (Wildman–Crippen LogP) is 7.77. The number of hydrogen-bond donors (Lipinski definition) is 4. The molecule has 0 aliphatic heterocycles. The molecule has 182 valence electrons. The minimum absolute atomic E-state index is 0.182. The van der Waals surface area contributed by atoms with Crippen LogP contribution in [0.3, 0.4) is 0 Å². The Balaban J connectivity index is 1.56. The molecule has 36 heavy (non-hydrogen) atoms. The van der Waals surface area contributed by atoms with E-state index in [1.165, 1.54) is 0 Å². The van der Waals surface area contributed by atoms with Gasteiger partial charge in [-0.05, 0) is 60.8 Å². The van der Waals surface area contributed by atoms with Crippen molar-refractivity contribution in [2.75, 3.05) is 21.3 Å². The average Bonchev–Trinajstić information content (AvgIpc) is 2.83. The molecule has 0 radical (unpaired) electrons. The molecule has 0 amide bonds. The molecule has 4 rings (SSSR count). The molecule has 7 nitrogen and oxygen atoms in total. The largest absolute Gasteiger partial charge is 0.331 e. The van der Waals surface area contributed by atoms with Crippen LogP contribution in [0.25, 0.3) is 11.4 Å². The maximum atomic E-state index is 6.23. The first-order chi connectivity index (χ1) is 17.3. The standard InChI is InChI=1S/C23H15Cl4N7S2/c24-13-6-8-17(15(26)10-13)28-22(35)33-20-30-19(12-4-2-1-3-5-12)31-21(32-20)34-23(36)29-18-9-7-14(25)11-16(18)27/h1-11H,(H4,28,29,30,31,32,33,34,35,36). The first kappa shape index (κ1) is 26.3. The fourth-order valence-corrected chi connectivity index (χ4v) is 4.21. The molecular formula is C23H15Cl4N7S2. The normalized spacial score (nSPS) is 10.4. The van der Waals surface area contributed by atoms with Gasteiger partial charge in [0.25, 0.3) is 0 Å². The lowest BCUT2D eigenvalue weighted by atomic mass is 10.2. The lowest BCUT2D eigenvalue weighted by Gasteiger charge is -2.14. The zero-order chi connectivity index (χ0) is 25.7. The highest BCUT2D eigenvalue weighted by atomic mass is 35.5. The Hall–Kier alpha value is -2.79. The summed E-state index contributed by atoms with van der Waals surface area (Å²) in [5.41, 5.74) is 1.91. The van der Waals surface area contributed by atoms with Gasteiger partial charge in [-0.3, -0.25) is 0 Å². The number of rotatable bonds is 5. The third-order valence-corrected chi connectivity index (χ3v) is 5.98. The zero-order valence-electron chi connectivity index (χ0n) is 18.0. The summed E-state index contributed by atoms with van der Waals surface area (Å²) < 4.78 is 0. The van der Waals surface area contributed by atoms with Crippen molar-refractivity contribution in [2.45, 2.75) is 0 Å². The molecule has 0 aliphatic carbocycles. The number of hydrogen-bond acceptors (Lipinski definition) is 5. The summed E-state index contributed by atoms with van der Waals surface area (Å²) >= 11 is 35.2. The summed E-state index contributed by atoms with van der Waals surface area (Å²) in [4.78, 5) is 13.4. The molecule has 4 N–H and O–H groups in total. The van der Waals surface area contributed by atoms with Crippen molar-refractivity contribution in [1.29, 1.82) is 0 Å². The predicted molar refractivity (Wildman–Crippen MR) is 158 cm³/mol. The summed E-state index contributed by atoms with van der Waals surface area (Å²) in [6.45, 7) is 0. The molecule has 0 fully saturated rings. The van der Waals surface area contributed by atoms with Gasteiger partial charge >= 0.3 is 0 Å². The lowest BCUT2D eigenvalue weighted by molar-refractivity contribution is 1.08. The van der Waals surface area contributed by atoms with Crippen molar-refractivity contribution < 1.29 is 0 Å². The lowest BCUT2D eigenvalue weighted by Crippen LogP contribution is -2.24. The van der Waals surface area contributed by atoms with Crippen molar-refractivity contribution in [1.82, 2.24) is 15.0 Å². The van der Waals surface area contributed by atoms with Gasteiger partial charge in [-0.2, -0.15) is 15.0 Å². The molecule has 0 saturated heterocycles. The van der Waals surface area contributed by atoms with Crippen molar-refractivity contribution >= 4 is 104 Å². The first-order valence-electron chi connectivity index (χ1n) is 10.1. The number of benzene rings is 3. The quantitative estimate of drug-likeness (QED) is 0.173. The molecule has 0 aliphatic rings. The molecule has 0 bridgehead atoms. The number of anilines is 4. The summed E-state index contributed by atoms with van der Waals surface area (Å²) in [5, 5.41) is 14.1.